The monoisotopic (exact) mass is 595 g/mol. The fourth-order valence-corrected chi connectivity index (χ4v) is 7.65. The normalized spacial score (nSPS) is 11.8. The predicted molar refractivity (Wildman–Crippen MR) is 196 cm³/mol. The van der Waals surface area contributed by atoms with Gasteiger partial charge in [0.25, 0.3) is 0 Å². The van der Waals surface area contributed by atoms with Crippen LogP contribution in [-0.4, -0.2) is 0 Å². The molecular formula is C43H33NS. The second-order valence-electron chi connectivity index (χ2n) is 12.3. The molecule has 8 rings (SSSR count). The van der Waals surface area contributed by atoms with Crippen LogP contribution in [0, 0.1) is 0 Å². The number of thiophene rings is 1. The average Bonchev–Trinajstić information content (AvgIpc) is 3.47. The van der Waals surface area contributed by atoms with Gasteiger partial charge >= 0.3 is 0 Å². The largest absolute Gasteiger partial charge is 0.310 e. The van der Waals surface area contributed by atoms with Gasteiger partial charge in [-0.25, -0.2) is 0 Å². The van der Waals surface area contributed by atoms with E-state index in [-0.39, 0.29) is 5.41 Å². The third-order valence-electron chi connectivity index (χ3n) is 9.17. The van der Waals surface area contributed by atoms with E-state index in [1.807, 2.05) is 11.3 Å². The first-order valence-electron chi connectivity index (χ1n) is 15.5. The van der Waals surface area contributed by atoms with E-state index in [4.69, 9.17) is 0 Å². The van der Waals surface area contributed by atoms with Crippen molar-refractivity contribution in [1.82, 2.24) is 0 Å². The molecule has 0 N–H and O–H groups in total. The summed E-state index contributed by atoms with van der Waals surface area (Å²) >= 11 is 1.86. The molecule has 0 fully saturated rings. The van der Waals surface area contributed by atoms with Crippen molar-refractivity contribution in [2.45, 2.75) is 19.3 Å². The second-order valence-corrected chi connectivity index (χ2v) is 13.3. The summed E-state index contributed by atoms with van der Waals surface area (Å²) in [6.45, 7) is 4.64. The summed E-state index contributed by atoms with van der Waals surface area (Å²) in [5.41, 5.74) is 8.34. The minimum absolute atomic E-state index is 0.138. The Kier molecular flexibility index (Phi) is 6.73. The van der Waals surface area contributed by atoms with E-state index in [1.54, 1.807) is 0 Å². The van der Waals surface area contributed by atoms with Gasteiger partial charge in [-0.1, -0.05) is 135 Å². The third-order valence-corrected chi connectivity index (χ3v) is 10.3. The highest BCUT2D eigenvalue weighted by atomic mass is 32.1. The molecule has 0 aliphatic heterocycles. The summed E-state index contributed by atoms with van der Waals surface area (Å²) in [4.78, 5) is 2.38. The summed E-state index contributed by atoms with van der Waals surface area (Å²) in [6.07, 6.45) is 0. The molecule has 8 aromatic rings. The molecule has 2 heteroatoms. The van der Waals surface area contributed by atoms with E-state index in [2.05, 4.69) is 183 Å². The highest BCUT2D eigenvalue weighted by Gasteiger charge is 2.24. The van der Waals surface area contributed by atoms with E-state index in [0.717, 1.165) is 17.1 Å². The van der Waals surface area contributed by atoms with Gasteiger partial charge in [0.15, 0.2) is 0 Å². The van der Waals surface area contributed by atoms with E-state index in [9.17, 15) is 0 Å². The lowest BCUT2D eigenvalue weighted by Crippen LogP contribution is -2.19. The minimum atomic E-state index is -0.138. The van der Waals surface area contributed by atoms with Gasteiger partial charge in [-0.05, 0) is 75.5 Å². The molecule has 0 saturated heterocycles. The van der Waals surface area contributed by atoms with Crippen molar-refractivity contribution in [3.63, 3.8) is 0 Å². The van der Waals surface area contributed by atoms with Gasteiger partial charge in [0.05, 0.1) is 0 Å². The summed E-state index contributed by atoms with van der Waals surface area (Å²) in [7, 11) is 0. The first kappa shape index (κ1) is 27.4. The fraction of sp³-hybridized carbons (Fsp3) is 0.0698. The first-order chi connectivity index (χ1) is 22.0. The Labute approximate surface area is 268 Å². The SMILES string of the molecule is CC(C)(c1ccc(N(c2ccc(-c3ccccc3)cc2)c2ccc3c(c2)sc2ccccc23)cc1)c1ccc2ccccc2c1. The number of fused-ring (bicyclic) bond motifs is 4. The van der Waals surface area contributed by atoms with Crippen LogP contribution < -0.4 is 4.90 Å². The van der Waals surface area contributed by atoms with Gasteiger partial charge < -0.3 is 4.90 Å². The maximum atomic E-state index is 2.38. The maximum absolute atomic E-state index is 2.38. The number of hydrogen-bond donors (Lipinski definition) is 0. The Balaban J connectivity index is 1.21. The van der Waals surface area contributed by atoms with Crippen LogP contribution in [0.5, 0.6) is 0 Å². The molecule has 1 nitrogen and oxygen atoms in total. The van der Waals surface area contributed by atoms with E-state index in [1.165, 1.54) is 53.2 Å². The molecule has 1 heterocycles. The Bertz CT molecular complexity index is 2280. The molecule has 45 heavy (non-hydrogen) atoms. The number of benzene rings is 7. The van der Waals surface area contributed by atoms with Gasteiger partial charge in [0.1, 0.15) is 0 Å². The van der Waals surface area contributed by atoms with Crippen LogP contribution in [0.1, 0.15) is 25.0 Å². The number of rotatable bonds is 6. The zero-order chi connectivity index (χ0) is 30.4. The Morgan fingerprint density at radius 2 is 1.00 bits per heavy atom. The van der Waals surface area contributed by atoms with Crippen molar-refractivity contribution in [3.8, 4) is 11.1 Å². The van der Waals surface area contributed by atoms with Crippen LogP contribution in [0.4, 0.5) is 17.1 Å². The molecule has 0 unspecified atom stereocenters. The fourth-order valence-electron chi connectivity index (χ4n) is 6.51. The molecule has 7 aromatic carbocycles. The number of hydrogen-bond acceptors (Lipinski definition) is 2. The van der Waals surface area contributed by atoms with Crippen LogP contribution in [0.3, 0.4) is 0 Å². The standard InChI is InChI=1S/C43H33NS/c1-43(2,35-19-16-31-12-6-7-13-33(31)28-35)34-20-24-37(25-21-34)44(36-22-17-32(18-23-36)30-10-4-3-5-11-30)38-26-27-40-39-14-8-9-15-41(39)45-42(40)29-38/h3-29H,1-2H3. The van der Waals surface area contributed by atoms with Crippen LogP contribution in [0.2, 0.25) is 0 Å². The molecule has 1 aromatic heterocycles. The molecule has 0 radical (unpaired) electrons. The lowest BCUT2D eigenvalue weighted by Gasteiger charge is -2.29. The molecule has 0 spiro atoms. The molecule has 0 amide bonds. The maximum Gasteiger partial charge on any atom is 0.0476 e. The highest BCUT2D eigenvalue weighted by Crippen LogP contribution is 2.42. The first-order valence-corrected chi connectivity index (χ1v) is 16.3. The second kappa shape index (κ2) is 11.1. The molecule has 0 saturated carbocycles. The molecule has 0 atom stereocenters. The van der Waals surface area contributed by atoms with Crippen LogP contribution in [0.25, 0.3) is 42.1 Å². The minimum Gasteiger partial charge on any atom is -0.310 e. The average molecular weight is 596 g/mol. The van der Waals surface area contributed by atoms with Crippen molar-refractivity contribution in [2.75, 3.05) is 4.90 Å². The molecule has 0 aliphatic carbocycles. The lowest BCUT2D eigenvalue weighted by atomic mass is 9.77. The van der Waals surface area contributed by atoms with Gasteiger partial charge in [0, 0.05) is 42.6 Å². The van der Waals surface area contributed by atoms with E-state index >= 15 is 0 Å². The predicted octanol–water partition coefficient (Wildman–Crippen LogP) is 12.7. The summed E-state index contributed by atoms with van der Waals surface area (Å²) in [5.74, 6) is 0. The van der Waals surface area contributed by atoms with E-state index < -0.39 is 0 Å². The Hall–Kier alpha value is -5.18. The molecule has 0 bridgehead atoms. The summed E-state index contributed by atoms with van der Waals surface area (Å²) < 4.78 is 2.62. The summed E-state index contributed by atoms with van der Waals surface area (Å²) in [5, 5.41) is 5.19. The van der Waals surface area contributed by atoms with Gasteiger partial charge in [-0.3, -0.25) is 0 Å². The molecule has 216 valence electrons. The van der Waals surface area contributed by atoms with E-state index in [0.29, 0.717) is 0 Å². The van der Waals surface area contributed by atoms with Crippen molar-refractivity contribution in [3.05, 3.63) is 175 Å². The summed E-state index contributed by atoms with van der Waals surface area (Å²) in [6, 6.07) is 59.7. The van der Waals surface area contributed by atoms with Crippen molar-refractivity contribution >= 4 is 59.3 Å². The van der Waals surface area contributed by atoms with Gasteiger partial charge in [-0.2, -0.15) is 0 Å². The Morgan fingerprint density at radius 3 is 1.78 bits per heavy atom. The lowest BCUT2D eigenvalue weighted by molar-refractivity contribution is 0.642. The zero-order valence-electron chi connectivity index (χ0n) is 25.4. The van der Waals surface area contributed by atoms with Gasteiger partial charge in [-0.15, -0.1) is 11.3 Å². The Morgan fingerprint density at radius 1 is 0.422 bits per heavy atom. The number of nitrogens with zero attached hydrogens (tertiary/aromatic N) is 1. The van der Waals surface area contributed by atoms with Crippen molar-refractivity contribution in [2.24, 2.45) is 0 Å². The third kappa shape index (κ3) is 4.98. The zero-order valence-corrected chi connectivity index (χ0v) is 26.3. The van der Waals surface area contributed by atoms with Gasteiger partial charge in [0.2, 0.25) is 0 Å². The topological polar surface area (TPSA) is 3.24 Å². The van der Waals surface area contributed by atoms with Crippen LogP contribution >= 0.6 is 11.3 Å². The van der Waals surface area contributed by atoms with Crippen molar-refractivity contribution < 1.29 is 0 Å². The molecule has 0 aliphatic rings. The number of anilines is 3. The van der Waals surface area contributed by atoms with Crippen LogP contribution in [-0.2, 0) is 5.41 Å². The van der Waals surface area contributed by atoms with Crippen molar-refractivity contribution in [1.29, 1.82) is 0 Å². The smallest absolute Gasteiger partial charge is 0.0476 e. The molecular weight excluding hydrogens is 563 g/mol. The van der Waals surface area contributed by atoms with Crippen LogP contribution in [0.15, 0.2) is 164 Å². The highest BCUT2D eigenvalue weighted by molar-refractivity contribution is 7.25. The quantitative estimate of drug-likeness (QED) is 0.185.